The second kappa shape index (κ2) is 5.89. The molecular weight excluding hydrogens is 269 g/mol. The highest BCUT2D eigenvalue weighted by Gasteiger charge is 2.04. The first-order chi connectivity index (χ1) is 8.69. The Labute approximate surface area is 110 Å². The Morgan fingerprint density at radius 3 is 2.67 bits per heavy atom. The molecule has 1 aromatic carbocycles. The number of hydrogen-bond donors (Lipinski definition) is 1. The highest BCUT2D eigenvalue weighted by Crippen LogP contribution is 2.15. The van der Waals surface area contributed by atoms with Gasteiger partial charge in [0.2, 0.25) is 5.91 Å². The SMILES string of the molecule is CPc1nnc(COc2ccc(C(N)=O)cc2)s1. The maximum atomic E-state index is 10.9. The van der Waals surface area contributed by atoms with E-state index in [4.69, 9.17) is 10.5 Å². The van der Waals surface area contributed by atoms with Crippen molar-refractivity contribution >= 4 is 30.6 Å². The highest BCUT2D eigenvalue weighted by molar-refractivity contribution is 7.55. The van der Waals surface area contributed by atoms with Crippen LogP contribution < -0.4 is 15.2 Å². The molecule has 0 saturated carbocycles. The first-order valence-electron chi connectivity index (χ1n) is 5.22. The normalized spacial score (nSPS) is 10.9. The molecule has 1 amide bonds. The van der Waals surface area contributed by atoms with E-state index in [1.165, 1.54) is 0 Å². The van der Waals surface area contributed by atoms with Gasteiger partial charge in [-0.15, -0.1) is 10.2 Å². The minimum Gasteiger partial charge on any atom is -0.486 e. The molecule has 18 heavy (non-hydrogen) atoms. The second-order valence-corrected chi connectivity index (χ2v) is 5.83. The molecule has 1 atom stereocenters. The molecule has 0 aliphatic rings. The zero-order chi connectivity index (χ0) is 13.0. The molecule has 2 aromatic rings. The van der Waals surface area contributed by atoms with Crippen LogP contribution in [0.4, 0.5) is 0 Å². The van der Waals surface area contributed by atoms with Crippen molar-refractivity contribution in [1.29, 1.82) is 0 Å². The maximum absolute atomic E-state index is 10.9. The van der Waals surface area contributed by atoms with E-state index >= 15 is 0 Å². The van der Waals surface area contributed by atoms with Gasteiger partial charge in [-0.25, -0.2) is 0 Å². The number of aromatic nitrogens is 2. The molecule has 2 N–H and O–H groups in total. The van der Waals surface area contributed by atoms with Crippen molar-refractivity contribution in [1.82, 2.24) is 10.2 Å². The number of primary amides is 1. The van der Waals surface area contributed by atoms with Gasteiger partial charge in [-0.05, 0) is 30.9 Å². The molecule has 0 aliphatic carbocycles. The lowest BCUT2D eigenvalue weighted by molar-refractivity contribution is 0.100. The number of nitrogens with zero attached hydrogens (tertiary/aromatic N) is 2. The number of benzene rings is 1. The zero-order valence-corrected chi connectivity index (χ0v) is 11.5. The van der Waals surface area contributed by atoms with Crippen molar-refractivity contribution < 1.29 is 9.53 Å². The van der Waals surface area contributed by atoms with E-state index in [-0.39, 0.29) is 0 Å². The average molecular weight is 281 g/mol. The van der Waals surface area contributed by atoms with Gasteiger partial charge in [-0.1, -0.05) is 19.9 Å². The average Bonchev–Trinajstić information content (AvgIpc) is 2.85. The number of hydrogen-bond acceptors (Lipinski definition) is 5. The van der Waals surface area contributed by atoms with Crippen molar-refractivity contribution in [2.24, 2.45) is 5.73 Å². The molecule has 0 bridgehead atoms. The summed E-state index contributed by atoms with van der Waals surface area (Å²) < 4.78 is 6.57. The van der Waals surface area contributed by atoms with E-state index in [0.29, 0.717) is 26.5 Å². The Balaban J connectivity index is 1.95. The summed E-state index contributed by atoms with van der Waals surface area (Å²) >= 11 is 1.55. The molecule has 1 heterocycles. The minimum atomic E-state index is -0.445. The van der Waals surface area contributed by atoms with Crippen LogP contribution in [-0.4, -0.2) is 22.8 Å². The van der Waals surface area contributed by atoms with Gasteiger partial charge in [0.15, 0.2) is 5.01 Å². The standard InChI is InChI=1S/C11H12N3O2PS/c1-17-11-14-13-9(18-11)6-16-8-4-2-7(3-5-8)10(12)15/h2-5,17H,6H2,1H3,(H2,12,15). The fourth-order valence-electron chi connectivity index (χ4n) is 1.27. The number of ether oxygens (including phenoxy) is 1. The lowest BCUT2D eigenvalue weighted by Gasteiger charge is -2.03. The number of amides is 1. The molecule has 0 saturated heterocycles. The van der Waals surface area contributed by atoms with Crippen LogP contribution in [-0.2, 0) is 6.61 Å². The van der Waals surface area contributed by atoms with Crippen LogP contribution in [0.5, 0.6) is 5.75 Å². The van der Waals surface area contributed by atoms with Crippen LogP contribution in [0.2, 0.25) is 0 Å². The predicted molar refractivity (Wildman–Crippen MR) is 73.1 cm³/mol. The van der Waals surface area contributed by atoms with Gasteiger partial charge in [0.25, 0.3) is 0 Å². The molecule has 5 nitrogen and oxygen atoms in total. The van der Waals surface area contributed by atoms with Crippen LogP contribution in [0, 0.1) is 0 Å². The van der Waals surface area contributed by atoms with Gasteiger partial charge < -0.3 is 10.5 Å². The van der Waals surface area contributed by atoms with Gasteiger partial charge >= 0.3 is 0 Å². The van der Waals surface area contributed by atoms with Crippen LogP contribution in [0.3, 0.4) is 0 Å². The molecule has 94 valence electrons. The van der Waals surface area contributed by atoms with Gasteiger partial charge in [-0.3, -0.25) is 4.79 Å². The highest BCUT2D eigenvalue weighted by atomic mass is 32.1. The molecular formula is C11H12N3O2PS. The summed E-state index contributed by atoms with van der Waals surface area (Å²) in [5.74, 6) is 0.231. The number of rotatable bonds is 5. The third kappa shape index (κ3) is 3.24. The Hall–Kier alpha value is -1.52. The van der Waals surface area contributed by atoms with E-state index in [1.807, 2.05) is 0 Å². The molecule has 0 aliphatic heterocycles. The van der Waals surface area contributed by atoms with Crippen LogP contribution >= 0.6 is 19.9 Å². The minimum absolute atomic E-state index is 0.387. The molecule has 7 heteroatoms. The van der Waals surface area contributed by atoms with E-state index < -0.39 is 5.91 Å². The quantitative estimate of drug-likeness (QED) is 0.834. The summed E-state index contributed by atoms with van der Waals surface area (Å²) in [4.78, 5) is 10.9. The summed E-state index contributed by atoms with van der Waals surface area (Å²) in [5, 5.41) is 8.89. The predicted octanol–water partition coefficient (Wildman–Crippen LogP) is 1.15. The molecule has 2 rings (SSSR count). The van der Waals surface area contributed by atoms with Crippen LogP contribution in [0.25, 0.3) is 0 Å². The molecule has 0 spiro atoms. The summed E-state index contributed by atoms with van der Waals surface area (Å²) in [6.45, 7) is 2.45. The Morgan fingerprint density at radius 2 is 2.11 bits per heavy atom. The van der Waals surface area contributed by atoms with Crippen LogP contribution in [0.15, 0.2) is 24.3 Å². The summed E-state index contributed by atoms with van der Waals surface area (Å²) in [6.07, 6.45) is 0. The first kappa shape index (κ1) is 12.9. The smallest absolute Gasteiger partial charge is 0.248 e. The topological polar surface area (TPSA) is 78.1 Å². The summed E-state index contributed by atoms with van der Waals surface area (Å²) in [5.41, 5.74) is 5.62. The van der Waals surface area contributed by atoms with Crippen molar-refractivity contribution in [2.75, 3.05) is 6.66 Å². The van der Waals surface area contributed by atoms with E-state index in [1.54, 1.807) is 35.6 Å². The molecule has 0 radical (unpaired) electrons. The lowest BCUT2D eigenvalue weighted by atomic mass is 10.2. The zero-order valence-electron chi connectivity index (χ0n) is 9.71. The van der Waals surface area contributed by atoms with E-state index in [2.05, 4.69) is 16.9 Å². The second-order valence-electron chi connectivity index (χ2n) is 3.43. The first-order valence-corrected chi connectivity index (χ1v) is 7.53. The summed E-state index contributed by atoms with van der Waals surface area (Å²) in [6, 6.07) is 6.69. The molecule has 1 unspecified atom stereocenters. The number of carbonyl (C=O) groups excluding carboxylic acids is 1. The molecule has 0 fully saturated rings. The van der Waals surface area contributed by atoms with Crippen molar-refractivity contribution in [3.05, 3.63) is 34.8 Å². The molecule has 1 aromatic heterocycles. The lowest BCUT2D eigenvalue weighted by Crippen LogP contribution is -2.10. The van der Waals surface area contributed by atoms with Crippen molar-refractivity contribution in [3.63, 3.8) is 0 Å². The monoisotopic (exact) mass is 281 g/mol. The van der Waals surface area contributed by atoms with E-state index in [9.17, 15) is 4.79 Å². The Kier molecular flexibility index (Phi) is 4.23. The van der Waals surface area contributed by atoms with Gasteiger partial charge in [-0.2, -0.15) is 0 Å². The van der Waals surface area contributed by atoms with Gasteiger partial charge in [0.05, 0.1) is 0 Å². The Bertz CT molecular complexity index is 541. The van der Waals surface area contributed by atoms with Gasteiger partial charge in [0.1, 0.15) is 17.1 Å². The van der Waals surface area contributed by atoms with Crippen molar-refractivity contribution in [3.8, 4) is 5.75 Å². The number of nitrogens with two attached hydrogens (primary N) is 1. The summed E-state index contributed by atoms with van der Waals surface area (Å²) in [7, 11) is 0.655. The fraction of sp³-hybridized carbons (Fsp3) is 0.182. The van der Waals surface area contributed by atoms with E-state index in [0.717, 1.165) is 9.76 Å². The Morgan fingerprint density at radius 1 is 1.39 bits per heavy atom. The number of carbonyl (C=O) groups is 1. The largest absolute Gasteiger partial charge is 0.486 e. The maximum Gasteiger partial charge on any atom is 0.248 e. The van der Waals surface area contributed by atoms with Gasteiger partial charge in [0, 0.05) is 5.56 Å². The van der Waals surface area contributed by atoms with Crippen molar-refractivity contribution in [2.45, 2.75) is 6.61 Å². The van der Waals surface area contributed by atoms with Crippen LogP contribution in [0.1, 0.15) is 15.4 Å². The fourth-order valence-corrected chi connectivity index (χ4v) is 2.69. The third-order valence-corrected chi connectivity index (χ3v) is 4.34. The third-order valence-electron chi connectivity index (χ3n) is 2.18.